The molecule has 0 saturated carbocycles. The van der Waals surface area contributed by atoms with Crippen LogP contribution in [0.5, 0.6) is 0 Å². The average Bonchev–Trinajstić information content (AvgIpc) is 3.34. The molecule has 3 heterocycles. The summed E-state index contributed by atoms with van der Waals surface area (Å²) in [5.74, 6) is -0.198. The van der Waals surface area contributed by atoms with E-state index in [2.05, 4.69) is 52.6 Å². The van der Waals surface area contributed by atoms with Gasteiger partial charge in [0.25, 0.3) is 0 Å². The largest absolute Gasteiger partial charge is 0.390 e. The van der Waals surface area contributed by atoms with Crippen molar-refractivity contribution in [3.05, 3.63) is 95.9 Å². The molecule has 0 fully saturated rings. The van der Waals surface area contributed by atoms with Crippen molar-refractivity contribution in [1.29, 1.82) is 0 Å². The van der Waals surface area contributed by atoms with Gasteiger partial charge in [0.2, 0.25) is 0 Å². The Morgan fingerprint density at radius 1 is 1.25 bits per heavy atom. The molecule has 2 aliphatic heterocycles. The van der Waals surface area contributed by atoms with Crippen LogP contribution in [0.25, 0.3) is 5.70 Å². The zero-order valence-corrected chi connectivity index (χ0v) is 21.7. The third-order valence-electron chi connectivity index (χ3n) is 7.46. The van der Waals surface area contributed by atoms with Gasteiger partial charge in [0.05, 0.1) is 11.7 Å². The minimum absolute atomic E-state index is 0.0339. The van der Waals surface area contributed by atoms with Gasteiger partial charge < -0.3 is 15.5 Å². The van der Waals surface area contributed by atoms with E-state index >= 15 is 4.39 Å². The van der Waals surface area contributed by atoms with E-state index in [1.807, 2.05) is 25.3 Å². The van der Waals surface area contributed by atoms with Crippen LogP contribution in [0.1, 0.15) is 66.6 Å². The number of benzene rings is 1. The molecule has 36 heavy (non-hydrogen) atoms. The third kappa shape index (κ3) is 5.58. The Bertz CT molecular complexity index is 1120. The van der Waals surface area contributed by atoms with Gasteiger partial charge in [-0.2, -0.15) is 5.10 Å². The number of nitrogens with one attached hydrogen (secondary N) is 2. The molecule has 0 amide bonds. The number of likely N-dealkylation sites (N-methyl/N-ethyl adjacent to an activating group) is 1. The van der Waals surface area contributed by atoms with Crippen LogP contribution in [-0.4, -0.2) is 27.8 Å². The highest BCUT2D eigenvalue weighted by molar-refractivity contribution is 5.71. The molecule has 0 aliphatic carbocycles. The lowest BCUT2D eigenvalue weighted by Crippen LogP contribution is -2.35. The third-order valence-corrected chi connectivity index (χ3v) is 7.46. The Hall–Kier alpha value is -3.28. The van der Waals surface area contributed by atoms with Crippen molar-refractivity contribution in [2.45, 2.75) is 77.0 Å². The highest BCUT2D eigenvalue weighted by Gasteiger charge is 2.32. The van der Waals surface area contributed by atoms with Crippen LogP contribution in [0.3, 0.4) is 0 Å². The smallest absolute Gasteiger partial charge is 0.137 e. The molecule has 0 radical (unpaired) electrons. The number of aryl methyl sites for hydroxylation is 3. The molecule has 0 bridgehead atoms. The van der Waals surface area contributed by atoms with Crippen LogP contribution >= 0.6 is 0 Å². The Kier molecular flexibility index (Phi) is 8.34. The molecule has 192 valence electrons. The number of hydrogen-bond acceptors (Lipinski definition) is 4. The number of halogens is 1. The predicted molar refractivity (Wildman–Crippen MR) is 146 cm³/mol. The summed E-state index contributed by atoms with van der Waals surface area (Å²) in [6, 6.07) is 6.17. The maximum absolute atomic E-state index is 15.6. The number of fused-ring (bicyclic) bond motifs is 2. The first kappa shape index (κ1) is 25.8. The summed E-state index contributed by atoms with van der Waals surface area (Å²) in [5, 5.41) is 11.3. The lowest BCUT2D eigenvalue weighted by Gasteiger charge is -2.32. The van der Waals surface area contributed by atoms with E-state index in [4.69, 9.17) is 5.10 Å². The SMILES string of the molecule is C=CCCC(C(=C)NC)N1Cc2ccc(CNC(=C)CCc3cc4n(n3)CCCCC4)c(F)c2C1=C. The molecule has 0 saturated heterocycles. The van der Waals surface area contributed by atoms with E-state index < -0.39 is 0 Å². The minimum atomic E-state index is -0.198. The van der Waals surface area contributed by atoms with E-state index in [-0.39, 0.29) is 11.9 Å². The van der Waals surface area contributed by atoms with Gasteiger partial charge in [0.1, 0.15) is 5.82 Å². The van der Waals surface area contributed by atoms with Gasteiger partial charge >= 0.3 is 0 Å². The topological polar surface area (TPSA) is 45.1 Å². The Balaban J connectivity index is 1.36. The van der Waals surface area contributed by atoms with Crippen molar-refractivity contribution in [1.82, 2.24) is 25.3 Å². The Morgan fingerprint density at radius 2 is 2.08 bits per heavy atom. The first-order valence-electron chi connectivity index (χ1n) is 13.1. The maximum atomic E-state index is 15.6. The summed E-state index contributed by atoms with van der Waals surface area (Å²) in [7, 11) is 1.87. The van der Waals surface area contributed by atoms with E-state index in [0.717, 1.165) is 61.3 Å². The van der Waals surface area contributed by atoms with Gasteiger partial charge in [0.15, 0.2) is 0 Å². The van der Waals surface area contributed by atoms with Gasteiger partial charge in [-0.1, -0.05) is 44.4 Å². The van der Waals surface area contributed by atoms with Crippen molar-refractivity contribution >= 4 is 5.70 Å². The molecule has 1 atom stereocenters. The maximum Gasteiger partial charge on any atom is 0.137 e. The summed E-state index contributed by atoms with van der Waals surface area (Å²) in [6.07, 6.45) is 10.1. The summed E-state index contributed by atoms with van der Waals surface area (Å²) in [6.45, 7) is 18.5. The first-order chi connectivity index (χ1) is 17.4. The molecule has 5 nitrogen and oxygen atoms in total. The number of aromatic nitrogens is 2. The molecule has 1 aromatic heterocycles. The monoisotopic (exact) mass is 489 g/mol. The second-order valence-electron chi connectivity index (χ2n) is 9.92. The number of allylic oxidation sites excluding steroid dienone is 2. The lowest BCUT2D eigenvalue weighted by atomic mass is 10.0. The van der Waals surface area contributed by atoms with Gasteiger partial charge in [-0.3, -0.25) is 4.68 Å². The molecular formula is C30H40FN5. The van der Waals surface area contributed by atoms with Crippen molar-refractivity contribution in [3.8, 4) is 0 Å². The molecule has 2 aliphatic rings. The number of hydrogen-bond donors (Lipinski definition) is 2. The minimum Gasteiger partial charge on any atom is -0.390 e. The Morgan fingerprint density at radius 3 is 2.86 bits per heavy atom. The molecular weight excluding hydrogens is 449 g/mol. The molecule has 2 aromatic rings. The highest BCUT2D eigenvalue weighted by atomic mass is 19.1. The average molecular weight is 490 g/mol. The van der Waals surface area contributed by atoms with Crippen LogP contribution in [0.2, 0.25) is 0 Å². The van der Waals surface area contributed by atoms with Gasteiger partial charge in [-0.05, 0) is 56.6 Å². The Labute approximate surface area is 215 Å². The summed E-state index contributed by atoms with van der Waals surface area (Å²) in [5.41, 5.74) is 7.19. The highest BCUT2D eigenvalue weighted by Crippen LogP contribution is 2.38. The van der Waals surface area contributed by atoms with E-state index in [1.165, 1.54) is 25.0 Å². The summed E-state index contributed by atoms with van der Waals surface area (Å²) in [4.78, 5) is 2.15. The quantitative estimate of drug-likeness (QED) is 0.368. The van der Waals surface area contributed by atoms with Gasteiger partial charge in [-0.15, -0.1) is 6.58 Å². The van der Waals surface area contributed by atoms with Crippen molar-refractivity contribution in [2.24, 2.45) is 0 Å². The van der Waals surface area contributed by atoms with E-state index in [1.54, 1.807) is 0 Å². The van der Waals surface area contributed by atoms with E-state index in [9.17, 15) is 0 Å². The number of nitrogens with zero attached hydrogens (tertiary/aromatic N) is 3. The van der Waals surface area contributed by atoms with Crippen LogP contribution in [0, 0.1) is 5.82 Å². The fourth-order valence-corrected chi connectivity index (χ4v) is 5.28. The standard InChI is InChI=1S/C30H40FN5/c1-6-7-12-28(22(3)32-5)35-20-25-15-14-24(30(31)29(25)23(35)4)19-33-21(2)13-16-26-18-27-11-9-8-10-17-36(27)34-26/h6,14-15,18,28,32-33H,1-4,7-13,16-17,19-20H2,5H3. The van der Waals surface area contributed by atoms with Crippen LogP contribution in [0.15, 0.2) is 62.0 Å². The number of rotatable bonds is 12. The normalized spacial score (nSPS) is 15.6. The second kappa shape index (κ2) is 11.6. The van der Waals surface area contributed by atoms with Crippen molar-refractivity contribution in [3.63, 3.8) is 0 Å². The molecule has 2 N–H and O–H groups in total. The van der Waals surface area contributed by atoms with Crippen LogP contribution in [-0.2, 0) is 32.5 Å². The zero-order valence-electron chi connectivity index (χ0n) is 21.7. The second-order valence-corrected chi connectivity index (χ2v) is 9.92. The molecule has 4 rings (SSSR count). The summed E-state index contributed by atoms with van der Waals surface area (Å²) >= 11 is 0. The lowest BCUT2D eigenvalue weighted by molar-refractivity contribution is 0.312. The molecule has 0 spiro atoms. The molecule has 6 heteroatoms. The molecule has 1 unspecified atom stereocenters. The first-order valence-corrected chi connectivity index (χ1v) is 13.1. The predicted octanol–water partition coefficient (Wildman–Crippen LogP) is 5.84. The fourth-order valence-electron chi connectivity index (χ4n) is 5.28. The molecule has 1 aromatic carbocycles. The van der Waals surface area contributed by atoms with Crippen LogP contribution < -0.4 is 10.6 Å². The summed E-state index contributed by atoms with van der Waals surface area (Å²) < 4.78 is 17.8. The fraction of sp³-hybridized carbons (Fsp3) is 0.433. The van der Waals surface area contributed by atoms with Crippen molar-refractivity contribution < 1.29 is 4.39 Å². The van der Waals surface area contributed by atoms with Gasteiger partial charge in [0, 0.05) is 60.6 Å². The van der Waals surface area contributed by atoms with Gasteiger partial charge in [-0.25, -0.2) is 4.39 Å². The van der Waals surface area contributed by atoms with Crippen molar-refractivity contribution in [2.75, 3.05) is 7.05 Å². The zero-order chi connectivity index (χ0) is 25.7. The van der Waals surface area contributed by atoms with Crippen LogP contribution in [0.4, 0.5) is 4.39 Å². The van der Waals surface area contributed by atoms with E-state index in [0.29, 0.717) is 29.9 Å².